The fourth-order valence-corrected chi connectivity index (χ4v) is 1.79. The van der Waals surface area contributed by atoms with Gasteiger partial charge in [0.1, 0.15) is 5.52 Å². The molecule has 2 rings (SSSR count). The van der Waals surface area contributed by atoms with E-state index in [2.05, 4.69) is 19.9 Å². The maximum Gasteiger partial charge on any atom is 0.250 e. The summed E-state index contributed by atoms with van der Waals surface area (Å²) in [6, 6.07) is 0. The molecule has 0 bridgehead atoms. The molecule has 0 radical (unpaired) electrons. The molecule has 16 heavy (non-hydrogen) atoms. The Bertz CT molecular complexity index is 631. The summed E-state index contributed by atoms with van der Waals surface area (Å²) >= 11 is 0. The Kier molecular flexibility index (Phi) is 2.30. The summed E-state index contributed by atoms with van der Waals surface area (Å²) < 4.78 is 22.8. The van der Waals surface area contributed by atoms with Crippen LogP contribution in [0.3, 0.4) is 0 Å². The minimum absolute atomic E-state index is 0.212. The molecule has 0 amide bonds. The van der Waals surface area contributed by atoms with Crippen molar-refractivity contribution >= 4 is 26.8 Å². The molecule has 0 aliphatic carbocycles. The predicted molar refractivity (Wildman–Crippen MR) is 59.1 cm³/mol. The standard InChI is InChI=1S/C8H11N5O2S/c1-13(2)7-5-6(10-4-9-5)11-8(12-7)16(3,14)15/h4H,1-3H3,(H,9,10,11,12). The average Bonchev–Trinajstić information content (AvgIpc) is 2.61. The highest BCUT2D eigenvalue weighted by molar-refractivity contribution is 7.90. The first-order valence-electron chi connectivity index (χ1n) is 4.48. The van der Waals surface area contributed by atoms with E-state index in [-0.39, 0.29) is 5.16 Å². The summed E-state index contributed by atoms with van der Waals surface area (Å²) in [4.78, 5) is 16.4. The molecule has 0 saturated heterocycles. The molecule has 7 nitrogen and oxygen atoms in total. The lowest BCUT2D eigenvalue weighted by atomic mass is 10.5. The van der Waals surface area contributed by atoms with Crippen LogP contribution in [0.1, 0.15) is 0 Å². The molecule has 0 atom stereocenters. The third kappa shape index (κ3) is 1.71. The van der Waals surface area contributed by atoms with Gasteiger partial charge in [0.15, 0.2) is 11.5 Å². The van der Waals surface area contributed by atoms with Gasteiger partial charge in [0.25, 0.3) is 5.16 Å². The van der Waals surface area contributed by atoms with Gasteiger partial charge < -0.3 is 9.88 Å². The van der Waals surface area contributed by atoms with E-state index in [1.165, 1.54) is 6.33 Å². The molecule has 0 fully saturated rings. The first-order chi connectivity index (χ1) is 7.39. The molecule has 8 heteroatoms. The van der Waals surface area contributed by atoms with Gasteiger partial charge in [0.05, 0.1) is 6.33 Å². The van der Waals surface area contributed by atoms with Crippen molar-refractivity contribution in [1.82, 2.24) is 19.9 Å². The Hall–Kier alpha value is -1.70. The quantitative estimate of drug-likeness (QED) is 0.733. The lowest BCUT2D eigenvalue weighted by Gasteiger charge is -2.12. The number of anilines is 1. The largest absolute Gasteiger partial charge is 0.361 e. The number of fused-ring (bicyclic) bond motifs is 1. The fourth-order valence-electron chi connectivity index (χ4n) is 1.29. The summed E-state index contributed by atoms with van der Waals surface area (Å²) in [7, 11) is 0.114. The summed E-state index contributed by atoms with van der Waals surface area (Å²) in [5.41, 5.74) is 0.969. The van der Waals surface area contributed by atoms with E-state index in [0.717, 1.165) is 6.26 Å². The zero-order chi connectivity index (χ0) is 11.9. The second-order valence-corrected chi connectivity index (χ2v) is 5.51. The van der Waals surface area contributed by atoms with Gasteiger partial charge in [0, 0.05) is 20.4 Å². The Morgan fingerprint density at radius 1 is 1.31 bits per heavy atom. The molecule has 0 aromatic carbocycles. The second-order valence-electron chi connectivity index (χ2n) is 3.60. The lowest BCUT2D eigenvalue weighted by molar-refractivity contribution is 0.593. The topological polar surface area (TPSA) is 91.8 Å². The van der Waals surface area contributed by atoms with Crippen molar-refractivity contribution < 1.29 is 8.42 Å². The fraction of sp³-hybridized carbons (Fsp3) is 0.375. The van der Waals surface area contributed by atoms with Crippen LogP contribution in [-0.2, 0) is 9.84 Å². The third-order valence-electron chi connectivity index (χ3n) is 2.00. The van der Waals surface area contributed by atoms with Gasteiger partial charge in [0.2, 0.25) is 9.84 Å². The van der Waals surface area contributed by atoms with Crippen LogP contribution in [0.4, 0.5) is 5.82 Å². The van der Waals surface area contributed by atoms with Gasteiger partial charge in [-0.25, -0.2) is 13.4 Å². The smallest absolute Gasteiger partial charge is 0.250 e. The minimum Gasteiger partial charge on any atom is -0.361 e. The van der Waals surface area contributed by atoms with Crippen molar-refractivity contribution in [3.05, 3.63) is 6.33 Å². The Morgan fingerprint density at radius 3 is 2.56 bits per heavy atom. The average molecular weight is 241 g/mol. The van der Waals surface area contributed by atoms with Gasteiger partial charge in [-0.1, -0.05) is 0 Å². The van der Waals surface area contributed by atoms with Gasteiger partial charge >= 0.3 is 0 Å². The SMILES string of the molecule is CN(C)c1nc(S(C)(=O)=O)nc2nc[nH]c12. The van der Waals surface area contributed by atoms with E-state index >= 15 is 0 Å². The molecule has 86 valence electrons. The maximum absolute atomic E-state index is 11.4. The summed E-state index contributed by atoms with van der Waals surface area (Å²) in [6.07, 6.45) is 2.53. The van der Waals surface area contributed by atoms with E-state index in [1.54, 1.807) is 19.0 Å². The predicted octanol–water partition coefficient (Wildman–Crippen LogP) is -0.178. The van der Waals surface area contributed by atoms with Crippen LogP contribution in [0.15, 0.2) is 11.5 Å². The number of nitrogens with zero attached hydrogens (tertiary/aromatic N) is 4. The van der Waals surface area contributed by atoms with Crippen LogP contribution >= 0.6 is 0 Å². The van der Waals surface area contributed by atoms with Crippen molar-refractivity contribution in [2.45, 2.75) is 5.16 Å². The molecule has 0 unspecified atom stereocenters. The van der Waals surface area contributed by atoms with Crippen LogP contribution in [-0.4, -0.2) is 48.7 Å². The van der Waals surface area contributed by atoms with E-state index in [9.17, 15) is 8.42 Å². The minimum atomic E-state index is -3.43. The zero-order valence-corrected chi connectivity index (χ0v) is 9.91. The highest BCUT2D eigenvalue weighted by Gasteiger charge is 2.17. The van der Waals surface area contributed by atoms with Crippen molar-refractivity contribution in [2.24, 2.45) is 0 Å². The molecule has 1 N–H and O–H groups in total. The number of nitrogens with one attached hydrogen (secondary N) is 1. The first kappa shape index (κ1) is 10.8. The van der Waals surface area contributed by atoms with Crippen molar-refractivity contribution in [3.63, 3.8) is 0 Å². The number of sulfone groups is 1. The monoisotopic (exact) mass is 241 g/mol. The van der Waals surface area contributed by atoms with Gasteiger partial charge in [-0.2, -0.15) is 9.97 Å². The highest BCUT2D eigenvalue weighted by atomic mass is 32.2. The zero-order valence-electron chi connectivity index (χ0n) is 9.09. The number of hydrogen-bond acceptors (Lipinski definition) is 6. The Morgan fingerprint density at radius 2 is 2.00 bits per heavy atom. The molecule has 0 aliphatic rings. The van der Waals surface area contributed by atoms with Crippen molar-refractivity contribution in [3.8, 4) is 0 Å². The maximum atomic E-state index is 11.4. The van der Waals surface area contributed by atoms with Crippen LogP contribution in [0.2, 0.25) is 0 Å². The molecule has 0 aliphatic heterocycles. The van der Waals surface area contributed by atoms with E-state index in [1.807, 2.05) is 0 Å². The third-order valence-corrected chi connectivity index (χ3v) is 2.85. The highest BCUT2D eigenvalue weighted by Crippen LogP contribution is 2.20. The van der Waals surface area contributed by atoms with Crippen molar-refractivity contribution in [1.29, 1.82) is 0 Å². The van der Waals surface area contributed by atoms with Crippen LogP contribution in [0, 0.1) is 0 Å². The van der Waals surface area contributed by atoms with Crippen LogP contribution in [0.25, 0.3) is 11.2 Å². The van der Waals surface area contributed by atoms with E-state index in [0.29, 0.717) is 17.0 Å². The summed E-state index contributed by atoms with van der Waals surface area (Å²) in [5, 5.41) is -0.212. The van der Waals surface area contributed by atoms with Gasteiger partial charge in [-0.3, -0.25) is 0 Å². The molecule has 2 heterocycles. The number of aromatic amines is 1. The number of imidazole rings is 1. The molecule has 0 spiro atoms. The van der Waals surface area contributed by atoms with Crippen molar-refractivity contribution in [2.75, 3.05) is 25.3 Å². The number of rotatable bonds is 2. The van der Waals surface area contributed by atoms with Crippen LogP contribution in [0.5, 0.6) is 0 Å². The molecule has 0 saturated carbocycles. The number of aromatic nitrogens is 4. The summed E-state index contributed by atoms with van der Waals surface area (Å²) in [6.45, 7) is 0. The van der Waals surface area contributed by atoms with E-state index in [4.69, 9.17) is 0 Å². The number of H-pyrrole nitrogens is 1. The Balaban J connectivity index is 2.82. The first-order valence-corrected chi connectivity index (χ1v) is 6.37. The molecule has 2 aromatic rings. The second kappa shape index (κ2) is 3.41. The van der Waals surface area contributed by atoms with Gasteiger partial charge in [-0.05, 0) is 0 Å². The number of hydrogen-bond donors (Lipinski definition) is 1. The summed E-state index contributed by atoms with van der Waals surface area (Å²) in [5.74, 6) is 0.503. The van der Waals surface area contributed by atoms with Crippen LogP contribution < -0.4 is 4.90 Å². The molecule has 2 aromatic heterocycles. The van der Waals surface area contributed by atoms with E-state index < -0.39 is 9.84 Å². The molecular formula is C8H11N5O2S. The molecular weight excluding hydrogens is 230 g/mol. The normalized spacial score (nSPS) is 11.9. The lowest BCUT2D eigenvalue weighted by Crippen LogP contribution is -2.14. The van der Waals surface area contributed by atoms with Gasteiger partial charge in [-0.15, -0.1) is 0 Å². The Labute approximate surface area is 92.5 Å².